The maximum Gasteiger partial charge on any atom is 0.124 e. The first kappa shape index (κ1) is 25.5. The van der Waals surface area contributed by atoms with Crippen LogP contribution >= 0.6 is 0 Å². The molecule has 1 aromatic rings. The Morgan fingerprint density at radius 1 is 1.27 bits per heavy atom. The van der Waals surface area contributed by atoms with Gasteiger partial charge in [0, 0.05) is 56.9 Å². The molecule has 1 unspecified atom stereocenters. The summed E-state index contributed by atoms with van der Waals surface area (Å²) in [5, 5.41) is 12.6. The molecule has 2 aliphatic rings. The summed E-state index contributed by atoms with van der Waals surface area (Å²) < 4.78 is 5.78. The Balaban J connectivity index is 1.62. The summed E-state index contributed by atoms with van der Waals surface area (Å²) in [6.45, 7) is 16.2. The van der Waals surface area contributed by atoms with Crippen molar-refractivity contribution in [1.82, 2.24) is 15.1 Å². The first-order chi connectivity index (χ1) is 15.9. The second-order valence-corrected chi connectivity index (χ2v) is 9.41. The van der Waals surface area contributed by atoms with Crippen LogP contribution < -0.4 is 10.1 Å². The van der Waals surface area contributed by atoms with Crippen LogP contribution in [0.3, 0.4) is 0 Å². The van der Waals surface area contributed by atoms with Crippen molar-refractivity contribution in [3.8, 4) is 5.75 Å². The zero-order chi connectivity index (χ0) is 23.8. The highest BCUT2D eigenvalue weighted by atomic mass is 16.5. The molecule has 0 spiro atoms. The van der Waals surface area contributed by atoms with E-state index in [4.69, 9.17) is 9.73 Å². The number of aliphatic hydroxyl groups is 1. The molecule has 33 heavy (non-hydrogen) atoms. The zero-order valence-corrected chi connectivity index (χ0v) is 21.1. The Morgan fingerprint density at radius 2 is 2.03 bits per heavy atom. The third kappa shape index (κ3) is 6.46. The Hall–Kier alpha value is -2.15. The molecule has 0 aliphatic carbocycles. The molecule has 2 aliphatic heterocycles. The van der Waals surface area contributed by atoms with Crippen LogP contribution in [0.2, 0.25) is 0 Å². The molecule has 3 rings (SSSR count). The molecular formula is C27H42N4O2. The minimum Gasteiger partial charge on any atom is -0.493 e. The van der Waals surface area contributed by atoms with Crippen LogP contribution in [0.15, 0.2) is 46.7 Å². The predicted octanol–water partition coefficient (Wildman–Crippen LogP) is 3.93. The van der Waals surface area contributed by atoms with E-state index in [1.165, 1.54) is 11.1 Å². The number of hydrogen-bond acceptors (Lipinski definition) is 6. The Bertz CT molecular complexity index is 867. The molecular weight excluding hydrogens is 412 g/mol. The highest BCUT2D eigenvalue weighted by Gasteiger charge is 2.25. The van der Waals surface area contributed by atoms with Crippen LogP contribution in [0.4, 0.5) is 0 Å². The summed E-state index contributed by atoms with van der Waals surface area (Å²) in [6, 6.07) is 7.10. The summed E-state index contributed by atoms with van der Waals surface area (Å²) in [5.74, 6) is 2.12. The van der Waals surface area contributed by atoms with E-state index < -0.39 is 0 Å². The third-order valence-electron chi connectivity index (χ3n) is 6.82. The molecule has 2 heterocycles. The minimum atomic E-state index is -0.244. The van der Waals surface area contributed by atoms with Gasteiger partial charge in [0.05, 0.1) is 13.2 Å². The van der Waals surface area contributed by atoms with Gasteiger partial charge in [0.1, 0.15) is 11.6 Å². The van der Waals surface area contributed by atoms with Crippen LogP contribution in [-0.4, -0.2) is 72.6 Å². The molecule has 0 radical (unpaired) electrons. The number of β-amino-alcohol motifs (C(OH)–C–C–N with tert-alkyl or cyclic N) is 1. The fraction of sp³-hybridized carbons (Fsp3) is 0.593. The number of benzene rings is 1. The molecule has 0 saturated carbocycles. The van der Waals surface area contributed by atoms with E-state index in [1.54, 1.807) is 0 Å². The van der Waals surface area contributed by atoms with E-state index >= 15 is 0 Å². The number of aliphatic hydroxyl groups excluding tert-OH is 1. The maximum atomic E-state index is 9.17. The molecule has 6 nitrogen and oxygen atoms in total. The summed E-state index contributed by atoms with van der Waals surface area (Å²) >= 11 is 0. The van der Waals surface area contributed by atoms with Gasteiger partial charge in [0.2, 0.25) is 0 Å². The lowest BCUT2D eigenvalue weighted by Gasteiger charge is -2.39. The van der Waals surface area contributed by atoms with Crippen molar-refractivity contribution in [2.75, 3.05) is 45.9 Å². The van der Waals surface area contributed by atoms with Crippen molar-refractivity contribution < 1.29 is 9.84 Å². The lowest BCUT2D eigenvalue weighted by atomic mass is 9.94. The summed E-state index contributed by atoms with van der Waals surface area (Å²) in [7, 11) is 0. The van der Waals surface area contributed by atoms with Gasteiger partial charge in [-0.15, -0.1) is 0 Å². The van der Waals surface area contributed by atoms with Gasteiger partial charge in [-0.2, -0.15) is 0 Å². The monoisotopic (exact) mass is 454 g/mol. The second-order valence-electron chi connectivity index (χ2n) is 9.41. The zero-order valence-electron chi connectivity index (χ0n) is 21.1. The minimum absolute atomic E-state index is 0.125. The fourth-order valence-electron chi connectivity index (χ4n) is 4.64. The molecule has 0 aromatic heterocycles. The maximum absolute atomic E-state index is 9.17. The molecule has 6 heteroatoms. The number of allylic oxidation sites excluding steroid dienone is 2. The van der Waals surface area contributed by atoms with Gasteiger partial charge in [0.25, 0.3) is 0 Å². The lowest BCUT2D eigenvalue weighted by Crippen LogP contribution is -2.46. The fourth-order valence-corrected chi connectivity index (χ4v) is 4.64. The first-order valence-electron chi connectivity index (χ1n) is 12.4. The first-order valence-corrected chi connectivity index (χ1v) is 12.4. The van der Waals surface area contributed by atoms with Crippen LogP contribution in [0, 0.1) is 0 Å². The molecule has 1 fully saturated rings. The normalized spacial score (nSPS) is 19.2. The van der Waals surface area contributed by atoms with E-state index in [0.29, 0.717) is 12.6 Å². The van der Waals surface area contributed by atoms with Gasteiger partial charge in [-0.05, 0) is 63.0 Å². The number of ether oxygens (including phenoxy) is 1. The largest absolute Gasteiger partial charge is 0.493 e. The molecule has 2 N–H and O–H groups in total. The van der Waals surface area contributed by atoms with Crippen molar-refractivity contribution in [3.63, 3.8) is 0 Å². The molecule has 1 saturated heterocycles. The number of nitrogens with one attached hydrogen (secondary N) is 1. The van der Waals surface area contributed by atoms with Crippen LogP contribution in [0.25, 0.3) is 0 Å². The molecule has 1 atom stereocenters. The van der Waals surface area contributed by atoms with Crippen LogP contribution in [0.1, 0.15) is 58.2 Å². The average Bonchev–Trinajstić information content (AvgIpc) is 3.30. The number of hydrogen-bond donors (Lipinski definition) is 2. The van der Waals surface area contributed by atoms with Gasteiger partial charge in [-0.3, -0.25) is 4.90 Å². The number of fused-ring (bicyclic) bond motifs is 1. The van der Waals surface area contributed by atoms with Crippen molar-refractivity contribution in [1.29, 1.82) is 0 Å². The molecule has 0 amide bonds. The SMILES string of the molecule is C\C=C(/C=N/C(=C/CC)N1CCN(C(C)c2ccc3c(c2)OCC3)CC1)C(C)(C)NCCO. The van der Waals surface area contributed by atoms with Gasteiger partial charge in [0.15, 0.2) is 0 Å². The van der Waals surface area contributed by atoms with E-state index in [-0.39, 0.29) is 12.1 Å². The van der Waals surface area contributed by atoms with E-state index in [9.17, 15) is 5.11 Å². The summed E-state index contributed by atoms with van der Waals surface area (Å²) in [4.78, 5) is 9.86. The van der Waals surface area contributed by atoms with E-state index in [0.717, 1.165) is 62.8 Å². The molecule has 1 aromatic carbocycles. The molecule has 0 bridgehead atoms. The molecule has 182 valence electrons. The van der Waals surface area contributed by atoms with Gasteiger partial charge >= 0.3 is 0 Å². The quantitative estimate of drug-likeness (QED) is 0.525. The third-order valence-corrected chi connectivity index (χ3v) is 6.82. The van der Waals surface area contributed by atoms with Crippen molar-refractivity contribution in [3.05, 3.63) is 52.9 Å². The number of piperazine rings is 1. The van der Waals surface area contributed by atoms with Crippen molar-refractivity contribution in [2.24, 2.45) is 4.99 Å². The Morgan fingerprint density at radius 3 is 2.70 bits per heavy atom. The van der Waals surface area contributed by atoms with Gasteiger partial charge in [-0.25, -0.2) is 4.99 Å². The summed E-state index contributed by atoms with van der Waals surface area (Å²) in [6.07, 6.45) is 8.27. The number of nitrogens with zero attached hydrogens (tertiary/aromatic N) is 3. The van der Waals surface area contributed by atoms with E-state index in [1.807, 2.05) is 13.1 Å². The van der Waals surface area contributed by atoms with Gasteiger partial charge < -0.3 is 20.1 Å². The number of aliphatic imine (C=N–C) groups is 1. The Kier molecular flexibility index (Phi) is 9.12. The standard InChI is InChI=1S/C27H42N4O2/c1-6-8-26(28-20-24(7-2)27(4,5)29-12-17-32)31-15-13-30(14-16-31)21(3)23-10-9-22-11-18-33-25(22)19-23/h7-10,19-21,29,32H,6,11-18H2,1-5H3/b24-7+,26-8-,28-20+. The van der Waals surface area contributed by atoms with Crippen LogP contribution in [-0.2, 0) is 6.42 Å². The summed E-state index contributed by atoms with van der Waals surface area (Å²) in [5.41, 5.74) is 3.54. The topological polar surface area (TPSA) is 60.3 Å². The average molecular weight is 455 g/mol. The Labute approximate surface area is 200 Å². The number of rotatable bonds is 10. The van der Waals surface area contributed by atoms with Gasteiger partial charge in [-0.1, -0.05) is 25.1 Å². The van der Waals surface area contributed by atoms with Crippen LogP contribution in [0.5, 0.6) is 5.75 Å². The highest BCUT2D eigenvalue weighted by molar-refractivity contribution is 5.82. The predicted molar refractivity (Wildman–Crippen MR) is 137 cm³/mol. The van der Waals surface area contributed by atoms with Crippen molar-refractivity contribution in [2.45, 2.75) is 59.0 Å². The van der Waals surface area contributed by atoms with E-state index in [2.05, 4.69) is 73.2 Å². The smallest absolute Gasteiger partial charge is 0.124 e. The highest BCUT2D eigenvalue weighted by Crippen LogP contribution is 2.31. The lowest BCUT2D eigenvalue weighted by molar-refractivity contribution is 0.122. The second kappa shape index (κ2) is 11.8. The van der Waals surface area contributed by atoms with Crippen molar-refractivity contribution >= 4 is 6.21 Å².